The van der Waals surface area contributed by atoms with E-state index in [1.807, 2.05) is 0 Å². The molecule has 0 atom stereocenters. The Labute approximate surface area is 138 Å². The molecule has 0 saturated heterocycles. The minimum absolute atomic E-state index is 0.149. The number of amides is 2. The molecule has 24 heavy (non-hydrogen) atoms. The molecule has 2 rings (SSSR count). The molecule has 5 nitrogen and oxygen atoms in total. The summed E-state index contributed by atoms with van der Waals surface area (Å²) in [7, 11) is 0. The Morgan fingerprint density at radius 1 is 0.875 bits per heavy atom. The Bertz CT molecular complexity index is 733. The number of carbonyl (C=O) groups excluding carboxylic acids is 2. The summed E-state index contributed by atoms with van der Waals surface area (Å²) in [5.74, 6) is -2.43. The Balaban J connectivity index is 1.77. The molecule has 7 heteroatoms. The summed E-state index contributed by atoms with van der Waals surface area (Å²) in [5.41, 5.74) is 1.69. The molecule has 0 aliphatic carbocycles. The molecule has 2 aromatic rings. The molecule has 0 unspecified atom stereocenters. The van der Waals surface area contributed by atoms with Crippen molar-refractivity contribution in [1.82, 2.24) is 0 Å². The number of benzene rings is 2. The summed E-state index contributed by atoms with van der Waals surface area (Å²) in [4.78, 5) is 22.7. The highest BCUT2D eigenvalue weighted by Crippen LogP contribution is 2.15. The van der Waals surface area contributed by atoms with Crippen molar-refractivity contribution >= 4 is 28.9 Å². The molecule has 0 heterocycles. The zero-order valence-corrected chi connectivity index (χ0v) is 13.0. The molecule has 0 aliphatic rings. The van der Waals surface area contributed by atoms with Crippen molar-refractivity contribution in [3.8, 4) is 0 Å². The molecule has 126 valence electrons. The van der Waals surface area contributed by atoms with Crippen LogP contribution in [0.1, 0.15) is 13.3 Å². The second-order valence-electron chi connectivity index (χ2n) is 5.11. The minimum Gasteiger partial charge on any atom is -0.385 e. The van der Waals surface area contributed by atoms with Gasteiger partial charge >= 0.3 is 0 Å². The summed E-state index contributed by atoms with van der Waals surface area (Å²) < 4.78 is 25.9. The zero-order chi connectivity index (χ0) is 17.5. The van der Waals surface area contributed by atoms with Crippen LogP contribution in [0.4, 0.5) is 25.8 Å². The van der Waals surface area contributed by atoms with Crippen molar-refractivity contribution in [2.45, 2.75) is 13.3 Å². The van der Waals surface area contributed by atoms with Gasteiger partial charge in [0.05, 0.1) is 0 Å². The SMILES string of the molecule is CC(=O)Nc1ccc(NCCC(=O)Nc2ccc(F)c(F)c2)cc1. The maximum absolute atomic E-state index is 13.0. The van der Waals surface area contributed by atoms with Gasteiger partial charge in [0.25, 0.3) is 0 Å². The summed E-state index contributed by atoms with van der Waals surface area (Å²) in [6.45, 7) is 1.80. The Morgan fingerprint density at radius 3 is 2.12 bits per heavy atom. The fraction of sp³-hybridized carbons (Fsp3) is 0.176. The van der Waals surface area contributed by atoms with Gasteiger partial charge in [0.2, 0.25) is 11.8 Å². The van der Waals surface area contributed by atoms with Crippen LogP contribution in [0.3, 0.4) is 0 Å². The van der Waals surface area contributed by atoms with Crippen LogP contribution < -0.4 is 16.0 Å². The summed E-state index contributed by atoms with van der Waals surface area (Å²) in [6.07, 6.45) is 0.159. The third-order valence-corrected chi connectivity index (χ3v) is 3.09. The highest BCUT2D eigenvalue weighted by molar-refractivity contribution is 5.91. The normalized spacial score (nSPS) is 10.1. The van der Waals surface area contributed by atoms with Gasteiger partial charge in [-0.1, -0.05) is 0 Å². The second kappa shape index (κ2) is 8.05. The maximum atomic E-state index is 13.0. The van der Waals surface area contributed by atoms with Crippen LogP contribution >= 0.6 is 0 Å². The van der Waals surface area contributed by atoms with Crippen LogP contribution in [-0.2, 0) is 9.59 Å². The van der Waals surface area contributed by atoms with Crippen molar-refractivity contribution in [3.05, 3.63) is 54.1 Å². The average Bonchev–Trinajstić information content (AvgIpc) is 2.52. The van der Waals surface area contributed by atoms with Gasteiger partial charge in [0.1, 0.15) is 0 Å². The standard InChI is InChI=1S/C17H17F2N3O2/c1-11(23)21-13-4-2-12(3-5-13)20-9-8-17(24)22-14-6-7-15(18)16(19)10-14/h2-7,10,20H,8-9H2,1H3,(H,21,23)(H,22,24). The van der Waals surface area contributed by atoms with Gasteiger partial charge in [-0.15, -0.1) is 0 Å². The molecule has 3 N–H and O–H groups in total. The maximum Gasteiger partial charge on any atom is 0.226 e. The van der Waals surface area contributed by atoms with Crippen LogP contribution in [0.25, 0.3) is 0 Å². The summed E-state index contributed by atoms with van der Waals surface area (Å²) >= 11 is 0. The predicted molar refractivity (Wildman–Crippen MR) is 88.8 cm³/mol. The third-order valence-electron chi connectivity index (χ3n) is 3.09. The van der Waals surface area contributed by atoms with Crippen molar-refractivity contribution < 1.29 is 18.4 Å². The van der Waals surface area contributed by atoms with Crippen molar-refractivity contribution in [3.63, 3.8) is 0 Å². The van der Waals surface area contributed by atoms with Crippen molar-refractivity contribution in [2.75, 3.05) is 22.5 Å². The van der Waals surface area contributed by atoms with Gasteiger partial charge < -0.3 is 16.0 Å². The first-order valence-corrected chi connectivity index (χ1v) is 7.30. The summed E-state index contributed by atoms with van der Waals surface area (Å²) in [5, 5.41) is 8.20. The van der Waals surface area contributed by atoms with E-state index in [9.17, 15) is 18.4 Å². The lowest BCUT2D eigenvalue weighted by Gasteiger charge is -2.09. The first kappa shape index (κ1) is 17.4. The van der Waals surface area contributed by atoms with E-state index in [4.69, 9.17) is 0 Å². The molecule has 0 radical (unpaired) electrons. The Kier molecular flexibility index (Phi) is 5.83. The van der Waals surface area contributed by atoms with Gasteiger partial charge in [-0.2, -0.15) is 0 Å². The topological polar surface area (TPSA) is 70.2 Å². The fourth-order valence-corrected chi connectivity index (χ4v) is 1.99. The molecule has 0 spiro atoms. The van der Waals surface area contributed by atoms with E-state index in [1.165, 1.54) is 13.0 Å². The molecular formula is C17H17F2N3O2. The number of hydrogen-bond acceptors (Lipinski definition) is 3. The van der Waals surface area contributed by atoms with Crippen LogP contribution in [0, 0.1) is 11.6 Å². The van der Waals surface area contributed by atoms with E-state index >= 15 is 0 Å². The van der Waals surface area contributed by atoms with E-state index in [0.717, 1.165) is 17.8 Å². The van der Waals surface area contributed by atoms with Crippen LogP contribution in [0.2, 0.25) is 0 Å². The number of anilines is 3. The van der Waals surface area contributed by atoms with E-state index in [-0.39, 0.29) is 23.9 Å². The molecular weight excluding hydrogens is 316 g/mol. The molecule has 0 bridgehead atoms. The van der Waals surface area contributed by atoms with E-state index in [2.05, 4.69) is 16.0 Å². The largest absolute Gasteiger partial charge is 0.385 e. The van der Waals surface area contributed by atoms with Gasteiger partial charge in [-0.25, -0.2) is 8.78 Å². The monoisotopic (exact) mass is 333 g/mol. The van der Waals surface area contributed by atoms with Crippen LogP contribution in [0.15, 0.2) is 42.5 Å². The first-order valence-electron chi connectivity index (χ1n) is 7.30. The number of rotatable bonds is 6. The quantitative estimate of drug-likeness (QED) is 0.759. The van der Waals surface area contributed by atoms with Gasteiger partial charge in [-0.05, 0) is 36.4 Å². The van der Waals surface area contributed by atoms with Crippen molar-refractivity contribution in [2.24, 2.45) is 0 Å². The number of nitrogens with one attached hydrogen (secondary N) is 3. The molecule has 0 fully saturated rings. The lowest BCUT2D eigenvalue weighted by Crippen LogP contribution is -2.16. The number of hydrogen-bond donors (Lipinski definition) is 3. The third kappa shape index (κ3) is 5.35. The average molecular weight is 333 g/mol. The van der Waals surface area contributed by atoms with Crippen LogP contribution in [-0.4, -0.2) is 18.4 Å². The second-order valence-corrected chi connectivity index (χ2v) is 5.11. The Hall–Kier alpha value is -2.96. The first-order chi connectivity index (χ1) is 11.4. The molecule has 0 aromatic heterocycles. The molecule has 2 aromatic carbocycles. The van der Waals surface area contributed by atoms with E-state index in [1.54, 1.807) is 24.3 Å². The molecule has 0 aliphatic heterocycles. The molecule has 2 amide bonds. The number of carbonyl (C=O) groups is 2. The number of halogens is 2. The minimum atomic E-state index is -1.01. The van der Waals surface area contributed by atoms with E-state index < -0.39 is 11.6 Å². The van der Waals surface area contributed by atoms with Crippen LogP contribution in [0.5, 0.6) is 0 Å². The molecule has 0 saturated carbocycles. The summed E-state index contributed by atoms with van der Waals surface area (Å²) in [6, 6.07) is 10.2. The van der Waals surface area contributed by atoms with Gasteiger partial charge in [-0.3, -0.25) is 9.59 Å². The lowest BCUT2D eigenvalue weighted by molar-refractivity contribution is -0.116. The smallest absolute Gasteiger partial charge is 0.226 e. The fourth-order valence-electron chi connectivity index (χ4n) is 1.99. The highest BCUT2D eigenvalue weighted by Gasteiger charge is 2.06. The van der Waals surface area contributed by atoms with Gasteiger partial charge in [0.15, 0.2) is 11.6 Å². The van der Waals surface area contributed by atoms with E-state index in [0.29, 0.717) is 12.2 Å². The van der Waals surface area contributed by atoms with Crippen molar-refractivity contribution in [1.29, 1.82) is 0 Å². The highest BCUT2D eigenvalue weighted by atomic mass is 19.2. The predicted octanol–water partition coefficient (Wildman–Crippen LogP) is 3.36. The van der Waals surface area contributed by atoms with Gasteiger partial charge in [0, 0.05) is 43.0 Å². The Morgan fingerprint density at radius 2 is 1.50 bits per heavy atom. The zero-order valence-electron chi connectivity index (χ0n) is 13.0. The lowest BCUT2D eigenvalue weighted by atomic mass is 10.2.